The first-order chi connectivity index (χ1) is 14.8. The third-order valence-electron chi connectivity index (χ3n) is 5.44. The first-order valence-corrected chi connectivity index (χ1v) is 11.2. The van der Waals surface area contributed by atoms with Gasteiger partial charge in [-0.25, -0.2) is 0 Å². The summed E-state index contributed by atoms with van der Waals surface area (Å²) in [4.78, 5) is 4.51. The number of hydrogen-bond acceptors (Lipinski definition) is 7. The van der Waals surface area contributed by atoms with Crippen molar-refractivity contribution < 1.29 is 8.94 Å². The molecule has 0 spiro atoms. The van der Waals surface area contributed by atoms with Gasteiger partial charge in [-0.2, -0.15) is 4.98 Å². The summed E-state index contributed by atoms with van der Waals surface area (Å²) in [5, 5.41) is 13.8. The van der Waals surface area contributed by atoms with Crippen molar-refractivity contribution in [2.75, 3.05) is 0 Å². The molecule has 0 aliphatic heterocycles. The molecule has 0 radical (unpaired) electrons. The number of rotatable bonds is 6. The molecule has 3 aromatic heterocycles. The second-order valence-electron chi connectivity index (χ2n) is 7.53. The Bertz CT molecular complexity index is 1080. The molecule has 4 aromatic rings. The van der Waals surface area contributed by atoms with E-state index in [-0.39, 0.29) is 5.25 Å². The second-order valence-corrected chi connectivity index (χ2v) is 8.61. The maximum Gasteiger partial charge on any atom is 0.244 e. The van der Waals surface area contributed by atoms with Crippen LogP contribution in [0.4, 0.5) is 0 Å². The van der Waals surface area contributed by atoms with E-state index in [1.54, 1.807) is 18.0 Å². The summed E-state index contributed by atoms with van der Waals surface area (Å²) in [6.45, 7) is 1.83. The Labute approximate surface area is 178 Å². The number of hydrogen-bond donors (Lipinski definition) is 0. The SMILES string of the molecule is Cc1noc([C@@H](Sc2nnc(-c3ccco3)n2C2CCCCC2)c2ccccc2)n1. The summed E-state index contributed by atoms with van der Waals surface area (Å²) < 4.78 is 13.5. The number of aromatic nitrogens is 5. The van der Waals surface area contributed by atoms with Gasteiger partial charge in [0.2, 0.25) is 11.7 Å². The van der Waals surface area contributed by atoms with Gasteiger partial charge >= 0.3 is 0 Å². The lowest BCUT2D eigenvalue weighted by Gasteiger charge is -2.25. The Balaban J connectivity index is 1.56. The Kier molecular flexibility index (Phi) is 5.40. The fourth-order valence-corrected chi connectivity index (χ4v) is 5.15. The van der Waals surface area contributed by atoms with Crippen LogP contribution in [0.5, 0.6) is 0 Å². The van der Waals surface area contributed by atoms with Crippen LogP contribution < -0.4 is 0 Å². The molecule has 7 nitrogen and oxygen atoms in total. The Morgan fingerprint density at radius 3 is 2.57 bits per heavy atom. The molecule has 8 heteroatoms. The van der Waals surface area contributed by atoms with Crippen LogP contribution in [0.1, 0.15) is 60.7 Å². The fourth-order valence-electron chi connectivity index (χ4n) is 4.01. The standard InChI is InChI=1S/C22H23N5O2S/c1-15-23-21(29-26-15)19(16-9-4-2-5-10-16)30-22-25-24-20(18-13-8-14-28-18)27(22)17-11-6-3-7-12-17/h2,4-5,8-10,13-14,17,19H,3,6-7,11-12H2,1H3/t19-/m0/s1. The van der Waals surface area contributed by atoms with Gasteiger partial charge in [0.25, 0.3) is 0 Å². The maximum absolute atomic E-state index is 5.67. The minimum Gasteiger partial charge on any atom is -0.461 e. The number of aryl methyl sites for hydroxylation is 1. The van der Waals surface area contributed by atoms with E-state index < -0.39 is 0 Å². The van der Waals surface area contributed by atoms with E-state index in [0.29, 0.717) is 17.8 Å². The first kappa shape index (κ1) is 19.1. The van der Waals surface area contributed by atoms with Gasteiger partial charge in [0.05, 0.1) is 6.26 Å². The quantitative estimate of drug-likeness (QED) is 0.374. The van der Waals surface area contributed by atoms with Gasteiger partial charge in [0.1, 0.15) is 5.25 Å². The Morgan fingerprint density at radius 1 is 1.03 bits per heavy atom. The van der Waals surface area contributed by atoms with E-state index in [2.05, 4.69) is 37.0 Å². The zero-order chi connectivity index (χ0) is 20.3. The topological polar surface area (TPSA) is 82.8 Å². The molecular formula is C22H23N5O2S. The molecular weight excluding hydrogens is 398 g/mol. The van der Waals surface area contributed by atoms with Crippen LogP contribution in [-0.4, -0.2) is 24.9 Å². The van der Waals surface area contributed by atoms with E-state index >= 15 is 0 Å². The molecule has 1 atom stereocenters. The van der Waals surface area contributed by atoms with Gasteiger partial charge in [-0.15, -0.1) is 10.2 Å². The predicted octanol–water partition coefficient (Wildman–Crippen LogP) is 5.62. The molecule has 1 fully saturated rings. The molecule has 1 aliphatic rings. The maximum atomic E-state index is 5.67. The van der Waals surface area contributed by atoms with Crippen molar-refractivity contribution in [3.8, 4) is 11.6 Å². The average Bonchev–Trinajstić information content (AvgIpc) is 3.54. The normalized spacial score (nSPS) is 16.0. The molecule has 0 amide bonds. The zero-order valence-corrected chi connectivity index (χ0v) is 17.6. The summed E-state index contributed by atoms with van der Waals surface area (Å²) in [5.41, 5.74) is 1.09. The summed E-state index contributed by atoms with van der Waals surface area (Å²) in [5.74, 6) is 2.71. The number of furan rings is 1. The van der Waals surface area contributed by atoms with Crippen LogP contribution in [0.3, 0.4) is 0 Å². The third kappa shape index (κ3) is 3.79. The molecule has 30 heavy (non-hydrogen) atoms. The molecule has 0 N–H and O–H groups in total. The summed E-state index contributed by atoms with van der Waals surface area (Å²) in [6, 6.07) is 14.4. The Morgan fingerprint density at radius 2 is 1.87 bits per heavy atom. The second kappa shape index (κ2) is 8.47. The van der Waals surface area contributed by atoms with Crippen LogP contribution in [0, 0.1) is 6.92 Å². The lowest BCUT2D eigenvalue weighted by molar-refractivity contribution is 0.337. The van der Waals surface area contributed by atoms with Gasteiger partial charge in [-0.3, -0.25) is 4.57 Å². The van der Waals surface area contributed by atoms with Crippen LogP contribution in [-0.2, 0) is 0 Å². The van der Waals surface area contributed by atoms with Gasteiger partial charge in [-0.1, -0.05) is 66.5 Å². The molecule has 154 valence electrons. The van der Waals surface area contributed by atoms with E-state index in [4.69, 9.17) is 8.94 Å². The molecule has 1 saturated carbocycles. The average molecular weight is 422 g/mol. The van der Waals surface area contributed by atoms with Gasteiger partial charge in [0, 0.05) is 6.04 Å². The fraction of sp³-hybridized carbons (Fsp3) is 0.364. The molecule has 0 saturated heterocycles. The molecule has 3 heterocycles. The van der Waals surface area contributed by atoms with E-state index in [9.17, 15) is 0 Å². The summed E-state index contributed by atoms with van der Waals surface area (Å²) >= 11 is 1.60. The number of benzene rings is 1. The highest BCUT2D eigenvalue weighted by molar-refractivity contribution is 7.99. The van der Waals surface area contributed by atoms with E-state index in [0.717, 1.165) is 35.1 Å². The third-order valence-corrected chi connectivity index (χ3v) is 6.64. The van der Waals surface area contributed by atoms with Crippen molar-refractivity contribution in [3.63, 3.8) is 0 Å². The van der Waals surface area contributed by atoms with Gasteiger partial charge < -0.3 is 8.94 Å². The zero-order valence-electron chi connectivity index (χ0n) is 16.8. The van der Waals surface area contributed by atoms with Crippen LogP contribution in [0.15, 0.2) is 62.8 Å². The molecule has 0 bridgehead atoms. The number of nitrogens with zero attached hydrogens (tertiary/aromatic N) is 5. The minimum absolute atomic E-state index is 0.164. The van der Waals surface area contributed by atoms with Gasteiger partial charge in [-0.05, 0) is 37.5 Å². The lowest BCUT2D eigenvalue weighted by Crippen LogP contribution is -2.15. The van der Waals surface area contributed by atoms with Crippen molar-refractivity contribution in [1.29, 1.82) is 0 Å². The lowest BCUT2D eigenvalue weighted by atomic mass is 9.95. The van der Waals surface area contributed by atoms with Crippen molar-refractivity contribution in [1.82, 2.24) is 24.9 Å². The van der Waals surface area contributed by atoms with Crippen molar-refractivity contribution in [2.24, 2.45) is 0 Å². The number of thioether (sulfide) groups is 1. The van der Waals surface area contributed by atoms with Crippen molar-refractivity contribution in [2.45, 2.75) is 55.5 Å². The molecule has 1 aliphatic carbocycles. The molecule has 1 aromatic carbocycles. The summed E-state index contributed by atoms with van der Waals surface area (Å²) in [6.07, 6.45) is 7.64. The van der Waals surface area contributed by atoms with E-state index in [1.807, 2.05) is 37.3 Å². The van der Waals surface area contributed by atoms with Crippen molar-refractivity contribution >= 4 is 11.8 Å². The minimum atomic E-state index is -0.164. The largest absolute Gasteiger partial charge is 0.461 e. The summed E-state index contributed by atoms with van der Waals surface area (Å²) in [7, 11) is 0. The van der Waals surface area contributed by atoms with E-state index in [1.165, 1.54) is 19.3 Å². The highest BCUT2D eigenvalue weighted by atomic mass is 32.2. The Hall–Kier alpha value is -2.87. The van der Waals surface area contributed by atoms with Crippen LogP contribution in [0.25, 0.3) is 11.6 Å². The highest BCUT2D eigenvalue weighted by Gasteiger charge is 2.29. The van der Waals surface area contributed by atoms with Gasteiger partial charge in [0.15, 0.2) is 16.7 Å². The monoisotopic (exact) mass is 421 g/mol. The van der Waals surface area contributed by atoms with Crippen molar-refractivity contribution in [3.05, 3.63) is 66.0 Å². The van der Waals surface area contributed by atoms with Crippen LogP contribution in [0.2, 0.25) is 0 Å². The predicted molar refractivity (Wildman–Crippen MR) is 113 cm³/mol. The first-order valence-electron chi connectivity index (χ1n) is 10.3. The molecule has 5 rings (SSSR count). The molecule has 0 unspecified atom stereocenters. The smallest absolute Gasteiger partial charge is 0.244 e. The highest BCUT2D eigenvalue weighted by Crippen LogP contribution is 2.43. The van der Waals surface area contributed by atoms with Crippen LogP contribution >= 0.6 is 11.8 Å².